The summed E-state index contributed by atoms with van der Waals surface area (Å²) >= 11 is 0. The van der Waals surface area contributed by atoms with Gasteiger partial charge in [-0.2, -0.15) is 0 Å². The third-order valence-electron chi connectivity index (χ3n) is 3.46. The molecule has 4 nitrogen and oxygen atoms in total. The van der Waals surface area contributed by atoms with E-state index < -0.39 is 0 Å². The number of rotatable bonds is 3. The normalized spacial score (nSPS) is 14.5. The van der Waals surface area contributed by atoms with Crippen molar-refractivity contribution in [2.24, 2.45) is 0 Å². The number of nitrogens with zero attached hydrogens (tertiary/aromatic N) is 3. The van der Waals surface area contributed by atoms with Crippen LogP contribution in [0.2, 0.25) is 0 Å². The predicted molar refractivity (Wildman–Crippen MR) is 71.2 cm³/mol. The van der Waals surface area contributed by atoms with E-state index in [0.29, 0.717) is 0 Å². The molecule has 0 saturated carbocycles. The van der Waals surface area contributed by atoms with Crippen molar-refractivity contribution in [1.82, 2.24) is 20.1 Å². The quantitative estimate of drug-likeness (QED) is 0.895. The first-order valence-corrected chi connectivity index (χ1v) is 6.60. The second-order valence-corrected chi connectivity index (χ2v) is 4.72. The van der Waals surface area contributed by atoms with Crippen molar-refractivity contribution in [3.63, 3.8) is 0 Å². The molecule has 1 aliphatic heterocycles. The number of hydrogen-bond acceptors (Lipinski definition) is 3. The Morgan fingerprint density at radius 1 is 1.39 bits per heavy atom. The van der Waals surface area contributed by atoms with E-state index in [1.807, 2.05) is 6.33 Å². The molecule has 1 aromatic carbocycles. The third kappa shape index (κ3) is 1.93. The van der Waals surface area contributed by atoms with Crippen LogP contribution in [-0.2, 0) is 19.5 Å². The number of benzene rings is 1. The molecule has 2 heterocycles. The number of nitrogens with one attached hydrogen (secondary N) is 1. The number of fused-ring (bicyclic) bond motifs is 1. The van der Waals surface area contributed by atoms with Gasteiger partial charge in [0.1, 0.15) is 6.33 Å². The largest absolute Gasteiger partial charge is 0.314 e. The maximum Gasteiger partial charge on any atom is 0.164 e. The molecule has 3 rings (SSSR count). The van der Waals surface area contributed by atoms with E-state index in [0.717, 1.165) is 38.3 Å². The van der Waals surface area contributed by atoms with Crippen LogP contribution in [0.3, 0.4) is 0 Å². The molecule has 0 amide bonds. The van der Waals surface area contributed by atoms with Crippen LogP contribution in [0.25, 0.3) is 11.4 Å². The highest BCUT2D eigenvalue weighted by Gasteiger charge is 2.16. The Morgan fingerprint density at radius 2 is 2.33 bits per heavy atom. The van der Waals surface area contributed by atoms with E-state index in [9.17, 15) is 0 Å². The molecule has 0 saturated heterocycles. The fourth-order valence-corrected chi connectivity index (χ4v) is 2.61. The van der Waals surface area contributed by atoms with Gasteiger partial charge in [-0.1, -0.05) is 25.1 Å². The van der Waals surface area contributed by atoms with Crippen LogP contribution in [0.4, 0.5) is 0 Å². The van der Waals surface area contributed by atoms with Gasteiger partial charge in [-0.05, 0) is 30.5 Å². The molecule has 0 radical (unpaired) electrons. The van der Waals surface area contributed by atoms with E-state index in [1.54, 1.807) is 0 Å². The van der Waals surface area contributed by atoms with Crippen LogP contribution in [0, 0.1) is 0 Å². The Bertz CT molecular complexity index is 544. The van der Waals surface area contributed by atoms with Gasteiger partial charge in [-0.25, -0.2) is 0 Å². The fraction of sp³-hybridized carbons (Fsp3) is 0.429. The zero-order chi connectivity index (χ0) is 12.4. The minimum Gasteiger partial charge on any atom is -0.314 e. The molecule has 1 aliphatic rings. The van der Waals surface area contributed by atoms with E-state index in [-0.39, 0.29) is 0 Å². The molecule has 0 atom stereocenters. The van der Waals surface area contributed by atoms with Crippen molar-refractivity contribution >= 4 is 0 Å². The lowest BCUT2D eigenvalue weighted by Gasteiger charge is -2.20. The highest BCUT2D eigenvalue weighted by Crippen LogP contribution is 2.27. The van der Waals surface area contributed by atoms with E-state index in [1.165, 1.54) is 16.7 Å². The van der Waals surface area contributed by atoms with Crippen molar-refractivity contribution in [2.45, 2.75) is 32.9 Å². The maximum atomic E-state index is 4.31. The van der Waals surface area contributed by atoms with Gasteiger partial charge in [-0.3, -0.25) is 0 Å². The highest BCUT2D eigenvalue weighted by atomic mass is 15.3. The average molecular weight is 242 g/mol. The van der Waals surface area contributed by atoms with Gasteiger partial charge in [0.15, 0.2) is 5.82 Å². The fourth-order valence-electron chi connectivity index (χ4n) is 2.61. The minimum absolute atomic E-state index is 0.963. The molecule has 94 valence electrons. The summed E-state index contributed by atoms with van der Waals surface area (Å²) in [6.45, 7) is 5.16. The standard InChI is InChI=1S/C14H18N4/c1-2-8-18-10-16-17-14(18)13-5-3-4-11-9-15-7-6-12(11)13/h3-5,10,15H,2,6-9H2,1H3. The van der Waals surface area contributed by atoms with E-state index >= 15 is 0 Å². The van der Waals surface area contributed by atoms with Crippen LogP contribution in [0.5, 0.6) is 0 Å². The predicted octanol–water partition coefficient (Wildman–Crippen LogP) is 2.00. The number of aromatic nitrogens is 3. The van der Waals surface area contributed by atoms with Crippen LogP contribution in [-0.4, -0.2) is 21.3 Å². The smallest absolute Gasteiger partial charge is 0.164 e. The Morgan fingerprint density at radius 3 is 3.22 bits per heavy atom. The molecule has 1 aromatic heterocycles. The second kappa shape index (κ2) is 4.90. The SMILES string of the molecule is CCCn1cnnc1-c1cccc2c1CCNC2. The van der Waals surface area contributed by atoms with Crippen LogP contribution in [0.15, 0.2) is 24.5 Å². The lowest BCUT2D eigenvalue weighted by atomic mass is 9.95. The van der Waals surface area contributed by atoms with Gasteiger partial charge in [0.05, 0.1) is 0 Å². The first kappa shape index (κ1) is 11.4. The van der Waals surface area contributed by atoms with E-state index in [4.69, 9.17) is 0 Å². The Labute approximate surface area is 107 Å². The lowest BCUT2D eigenvalue weighted by molar-refractivity contribution is 0.642. The molecule has 0 fully saturated rings. The molecule has 0 spiro atoms. The van der Waals surface area contributed by atoms with Gasteiger partial charge in [0, 0.05) is 18.7 Å². The van der Waals surface area contributed by atoms with Crippen molar-refractivity contribution in [3.05, 3.63) is 35.7 Å². The lowest BCUT2D eigenvalue weighted by Crippen LogP contribution is -2.24. The van der Waals surface area contributed by atoms with Crippen molar-refractivity contribution in [3.8, 4) is 11.4 Å². The van der Waals surface area contributed by atoms with Crippen molar-refractivity contribution < 1.29 is 0 Å². The number of hydrogen-bond donors (Lipinski definition) is 1. The molecule has 0 unspecified atom stereocenters. The summed E-state index contributed by atoms with van der Waals surface area (Å²) in [7, 11) is 0. The molecule has 1 N–H and O–H groups in total. The van der Waals surface area contributed by atoms with Crippen molar-refractivity contribution in [1.29, 1.82) is 0 Å². The second-order valence-electron chi connectivity index (χ2n) is 4.72. The summed E-state index contributed by atoms with van der Waals surface area (Å²) in [6.07, 6.45) is 4.01. The Balaban J connectivity index is 2.08. The Kier molecular flexibility index (Phi) is 3.11. The zero-order valence-electron chi connectivity index (χ0n) is 10.7. The van der Waals surface area contributed by atoms with Gasteiger partial charge in [-0.15, -0.1) is 10.2 Å². The monoisotopic (exact) mass is 242 g/mol. The summed E-state index contributed by atoms with van der Waals surface area (Å²) in [5.41, 5.74) is 4.08. The Hall–Kier alpha value is -1.68. The van der Waals surface area contributed by atoms with Crippen molar-refractivity contribution in [2.75, 3.05) is 6.54 Å². The molecule has 4 heteroatoms. The average Bonchev–Trinajstić information content (AvgIpc) is 2.87. The summed E-state index contributed by atoms with van der Waals surface area (Å²) < 4.78 is 2.15. The molecule has 2 aromatic rings. The molecule has 18 heavy (non-hydrogen) atoms. The van der Waals surface area contributed by atoms with Crippen LogP contribution < -0.4 is 5.32 Å². The summed E-state index contributed by atoms with van der Waals surface area (Å²) in [5, 5.41) is 11.8. The first-order chi connectivity index (χ1) is 8.90. The highest BCUT2D eigenvalue weighted by molar-refractivity contribution is 5.63. The van der Waals surface area contributed by atoms with Gasteiger partial charge < -0.3 is 9.88 Å². The summed E-state index contributed by atoms with van der Waals surface area (Å²) in [6, 6.07) is 6.48. The molecular weight excluding hydrogens is 224 g/mol. The van der Waals surface area contributed by atoms with Crippen LogP contribution in [0.1, 0.15) is 24.5 Å². The van der Waals surface area contributed by atoms with Crippen LogP contribution >= 0.6 is 0 Å². The molecular formula is C14H18N4. The molecule has 0 aliphatic carbocycles. The third-order valence-corrected chi connectivity index (χ3v) is 3.46. The maximum absolute atomic E-state index is 4.31. The number of aryl methyl sites for hydroxylation is 1. The minimum atomic E-state index is 0.963. The van der Waals surface area contributed by atoms with Gasteiger partial charge in [0.2, 0.25) is 0 Å². The zero-order valence-corrected chi connectivity index (χ0v) is 10.7. The van der Waals surface area contributed by atoms with E-state index in [2.05, 4.69) is 45.2 Å². The van der Waals surface area contributed by atoms with Gasteiger partial charge in [0.25, 0.3) is 0 Å². The first-order valence-electron chi connectivity index (χ1n) is 6.60. The van der Waals surface area contributed by atoms with Gasteiger partial charge >= 0.3 is 0 Å². The summed E-state index contributed by atoms with van der Waals surface area (Å²) in [5.74, 6) is 1.01. The topological polar surface area (TPSA) is 42.7 Å². The summed E-state index contributed by atoms with van der Waals surface area (Å²) in [4.78, 5) is 0. The molecule has 0 bridgehead atoms.